The Hall–Kier alpha value is -1.89. The largest absolute Gasteiger partial charge is 0.463 e. The van der Waals surface area contributed by atoms with Gasteiger partial charge in [-0.15, -0.1) is 0 Å². The van der Waals surface area contributed by atoms with Gasteiger partial charge in [0.25, 0.3) is 0 Å². The van der Waals surface area contributed by atoms with Crippen molar-refractivity contribution in [1.82, 2.24) is 15.1 Å². The number of nitrogens with zero attached hydrogens (tertiary/aromatic N) is 2. The molecule has 1 N–H and O–H groups in total. The molecule has 1 saturated heterocycles. The minimum absolute atomic E-state index is 0.0416. The van der Waals surface area contributed by atoms with Gasteiger partial charge in [-0.3, -0.25) is 14.5 Å². The van der Waals surface area contributed by atoms with Gasteiger partial charge in [0.2, 0.25) is 11.8 Å². The maximum Gasteiger partial charge on any atom is 0.333 e. The van der Waals surface area contributed by atoms with Crippen molar-refractivity contribution in [2.45, 2.75) is 78.9 Å². The molecule has 0 spiro atoms. The molecule has 29 heavy (non-hydrogen) atoms. The van der Waals surface area contributed by atoms with Gasteiger partial charge in [0, 0.05) is 25.2 Å². The molecule has 0 aliphatic carbocycles. The van der Waals surface area contributed by atoms with Crippen molar-refractivity contribution in [2.24, 2.45) is 5.92 Å². The van der Waals surface area contributed by atoms with Gasteiger partial charge in [-0.1, -0.05) is 26.3 Å². The van der Waals surface area contributed by atoms with Gasteiger partial charge in [-0.2, -0.15) is 0 Å². The fourth-order valence-corrected chi connectivity index (χ4v) is 3.55. The quantitative estimate of drug-likeness (QED) is 0.467. The second-order valence-corrected chi connectivity index (χ2v) is 8.40. The molecule has 0 aromatic heterocycles. The Labute approximate surface area is 175 Å². The molecule has 0 aromatic rings. The third-order valence-electron chi connectivity index (χ3n) is 5.39. The highest BCUT2D eigenvalue weighted by Crippen LogP contribution is 2.20. The van der Waals surface area contributed by atoms with E-state index in [1.165, 1.54) is 4.90 Å². The molecule has 166 valence electrons. The Morgan fingerprint density at radius 1 is 1.21 bits per heavy atom. The van der Waals surface area contributed by atoms with Gasteiger partial charge >= 0.3 is 5.97 Å². The third-order valence-corrected chi connectivity index (χ3v) is 5.39. The molecule has 0 aromatic carbocycles. The topological polar surface area (TPSA) is 79.0 Å². The van der Waals surface area contributed by atoms with E-state index in [-0.39, 0.29) is 42.3 Å². The Morgan fingerprint density at radius 3 is 2.41 bits per heavy atom. The summed E-state index contributed by atoms with van der Waals surface area (Å²) in [7, 11) is 1.68. The number of carbonyl (C=O) groups excluding carboxylic acids is 3. The minimum atomic E-state index is -0.597. The van der Waals surface area contributed by atoms with Crippen LogP contribution < -0.4 is 5.32 Å². The molecule has 0 saturated carbocycles. The monoisotopic (exact) mass is 409 g/mol. The smallest absolute Gasteiger partial charge is 0.333 e. The molecule has 1 heterocycles. The van der Waals surface area contributed by atoms with Crippen LogP contribution in [0.1, 0.15) is 60.8 Å². The Morgan fingerprint density at radius 2 is 1.86 bits per heavy atom. The molecule has 1 aliphatic heterocycles. The number of amides is 2. The van der Waals surface area contributed by atoms with Crippen molar-refractivity contribution in [1.29, 1.82) is 0 Å². The van der Waals surface area contributed by atoms with Gasteiger partial charge in [-0.05, 0) is 53.0 Å². The number of nitrogens with one attached hydrogen (secondary N) is 1. The van der Waals surface area contributed by atoms with Crippen molar-refractivity contribution in [3.63, 3.8) is 0 Å². The summed E-state index contributed by atoms with van der Waals surface area (Å²) in [4.78, 5) is 41.4. The van der Waals surface area contributed by atoms with E-state index in [2.05, 4.69) is 24.1 Å². The first-order chi connectivity index (χ1) is 13.6. The van der Waals surface area contributed by atoms with Crippen molar-refractivity contribution >= 4 is 17.8 Å². The molecule has 1 rings (SSSR count). The van der Waals surface area contributed by atoms with E-state index in [9.17, 15) is 14.4 Å². The van der Waals surface area contributed by atoms with E-state index in [4.69, 9.17) is 4.74 Å². The lowest BCUT2D eigenvalue weighted by Gasteiger charge is -2.38. The highest BCUT2D eigenvalue weighted by molar-refractivity contribution is 5.90. The molecule has 7 nitrogen and oxygen atoms in total. The molecular weight excluding hydrogens is 370 g/mol. The van der Waals surface area contributed by atoms with Crippen LogP contribution in [0.3, 0.4) is 0 Å². The number of ether oxygens (including phenoxy) is 1. The Balaban J connectivity index is 2.80. The Bertz CT molecular complexity index is 601. The zero-order chi connectivity index (χ0) is 22.1. The summed E-state index contributed by atoms with van der Waals surface area (Å²) in [5.41, 5.74) is 0.464. The normalized spacial score (nSPS) is 19.2. The number of piperidine rings is 1. The first kappa shape index (κ1) is 25.1. The van der Waals surface area contributed by atoms with Crippen LogP contribution >= 0.6 is 0 Å². The fourth-order valence-electron chi connectivity index (χ4n) is 3.55. The average Bonchev–Trinajstić information content (AvgIpc) is 2.68. The van der Waals surface area contributed by atoms with Gasteiger partial charge in [-0.25, -0.2) is 4.79 Å². The van der Waals surface area contributed by atoms with E-state index in [0.717, 1.165) is 25.8 Å². The summed E-state index contributed by atoms with van der Waals surface area (Å²) in [5.74, 6) is -0.654. The van der Waals surface area contributed by atoms with Crippen LogP contribution in [-0.2, 0) is 19.1 Å². The second-order valence-electron chi connectivity index (χ2n) is 8.40. The van der Waals surface area contributed by atoms with Crippen molar-refractivity contribution in [2.75, 3.05) is 26.7 Å². The zero-order valence-electron chi connectivity index (χ0n) is 19.2. The zero-order valence-corrected chi connectivity index (χ0v) is 19.2. The van der Waals surface area contributed by atoms with Crippen LogP contribution in [0.5, 0.6) is 0 Å². The first-order valence-electron chi connectivity index (χ1n) is 10.7. The highest BCUT2D eigenvalue weighted by atomic mass is 16.5. The Kier molecular flexibility index (Phi) is 10.4. The van der Waals surface area contributed by atoms with Crippen molar-refractivity contribution in [3.05, 3.63) is 11.6 Å². The molecule has 0 radical (unpaired) electrons. The predicted molar refractivity (Wildman–Crippen MR) is 114 cm³/mol. The summed E-state index contributed by atoms with van der Waals surface area (Å²) in [6.07, 6.45) is 4.62. The second kappa shape index (κ2) is 12.0. The first-order valence-corrected chi connectivity index (χ1v) is 10.7. The van der Waals surface area contributed by atoms with Crippen LogP contribution in [-0.4, -0.2) is 72.5 Å². The summed E-state index contributed by atoms with van der Waals surface area (Å²) >= 11 is 0. The lowest BCUT2D eigenvalue weighted by atomic mass is 9.97. The van der Waals surface area contributed by atoms with E-state index in [1.54, 1.807) is 27.0 Å². The van der Waals surface area contributed by atoms with Crippen LogP contribution in [0.2, 0.25) is 0 Å². The number of likely N-dealkylation sites (N-methyl/N-ethyl adjacent to an activating group) is 1. The number of hydrogen-bond acceptors (Lipinski definition) is 5. The summed E-state index contributed by atoms with van der Waals surface area (Å²) < 4.78 is 4.96. The van der Waals surface area contributed by atoms with E-state index in [1.807, 2.05) is 13.8 Å². The summed E-state index contributed by atoms with van der Waals surface area (Å²) in [6, 6.07) is -0.494. The number of hydrogen-bond donors (Lipinski definition) is 1. The highest BCUT2D eigenvalue weighted by Gasteiger charge is 2.34. The maximum absolute atomic E-state index is 13.0. The van der Waals surface area contributed by atoms with Gasteiger partial charge in [0.05, 0.1) is 12.6 Å². The maximum atomic E-state index is 13.0. The van der Waals surface area contributed by atoms with Crippen molar-refractivity contribution < 1.29 is 19.1 Å². The molecule has 2 amide bonds. The van der Waals surface area contributed by atoms with Gasteiger partial charge in [0.15, 0.2) is 0 Å². The van der Waals surface area contributed by atoms with Crippen LogP contribution in [0.4, 0.5) is 0 Å². The van der Waals surface area contributed by atoms with Gasteiger partial charge < -0.3 is 15.0 Å². The van der Waals surface area contributed by atoms with E-state index >= 15 is 0 Å². The molecular formula is C22H39N3O4. The minimum Gasteiger partial charge on any atom is -0.463 e. The van der Waals surface area contributed by atoms with E-state index < -0.39 is 6.04 Å². The fraction of sp³-hybridized carbons (Fsp3) is 0.773. The lowest BCUT2D eigenvalue weighted by Crippen LogP contribution is -2.57. The van der Waals surface area contributed by atoms with Gasteiger partial charge in [0.1, 0.15) is 6.04 Å². The number of rotatable bonds is 9. The number of carbonyl (C=O) groups is 3. The lowest BCUT2D eigenvalue weighted by molar-refractivity contribution is -0.139. The standard InChI is InChI=1S/C22H39N3O4/c1-8-29-22(28)17(6)12-14-24(7)21(27)19(15(2)3)23-20(26)18-11-9-10-13-25(18)16(4)5/h12,15-16,18-19H,8-11,13-14H2,1-7H3,(H,23,26)/b17-12+/t18-,19?/m0/s1. The van der Waals surface area contributed by atoms with Crippen LogP contribution in [0, 0.1) is 5.92 Å². The number of likely N-dealkylation sites (tertiary alicyclic amines) is 1. The van der Waals surface area contributed by atoms with Crippen LogP contribution in [0.25, 0.3) is 0 Å². The van der Waals surface area contributed by atoms with Crippen molar-refractivity contribution in [3.8, 4) is 0 Å². The molecule has 0 bridgehead atoms. The molecule has 2 atom stereocenters. The average molecular weight is 410 g/mol. The van der Waals surface area contributed by atoms with Crippen LogP contribution in [0.15, 0.2) is 11.6 Å². The third kappa shape index (κ3) is 7.46. The molecule has 1 unspecified atom stereocenters. The predicted octanol–water partition coefficient (Wildman–Crippen LogP) is 2.36. The molecule has 1 fully saturated rings. The SMILES string of the molecule is CCOC(=O)/C(C)=C/CN(C)C(=O)C(NC(=O)[C@@H]1CCCCN1C(C)C)C(C)C. The summed E-state index contributed by atoms with van der Waals surface area (Å²) in [5, 5.41) is 3.00. The molecule has 1 aliphatic rings. The number of esters is 1. The van der Waals surface area contributed by atoms with E-state index in [0.29, 0.717) is 12.2 Å². The molecule has 7 heteroatoms. The summed E-state index contributed by atoms with van der Waals surface area (Å²) in [6.45, 7) is 13.0.